The van der Waals surface area contributed by atoms with Crippen LogP contribution in [0.2, 0.25) is 0 Å². The van der Waals surface area contributed by atoms with E-state index in [9.17, 15) is 0 Å². The molecule has 1 aromatic carbocycles. The van der Waals surface area contributed by atoms with Crippen LogP contribution in [0.1, 0.15) is 50.8 Å². The van der Waals surface area contributed by atoms with E-state index >= 15 is 0 Å². The van der Waals surface area contributed by atoms with Crippen molar-refractivity contribution < 1.29 is 4.74 Å². The first kappa shape index (κ1) is 13.4. The largest absolute Gasteiger partial charge is 0.493 e. The molecular weight excluding hydrogens is 222 g/mol. The minimum Gasteiger partial charge on any atom is -0.493 e. The fraction of sp³-hybridized carbons (Fsp3) is 0.625. The summed E-state index contributed by atoms with van der Waals surface area (Å²) in [5.74, 6) is 1.76. The molecule has 1 aliphatic heterocycles. The van der Waals surface area contributed by atoms with Crippen LogP contribution in [0.4, 0.5) is 0 Å². The number of nitrogens with one attached hydrogen (secondary N) is 1. The third kappa shape index (κ3) is 2.86. The van der Waals surface area contributed by atoms with Gasteiger partial charge in [-0.1, -0.05) is 32.0 Å². The molecule has 2 atom stereocenters. The van der Waals surface area contributed by atoms with Crippen LogP contribution in [-0.2, 0) is 0 Å². The second-order valence-electron chi connectivity index (χ2n) is 5.74. The summed E-state index contributed by atoms with van der Waals surface area (Å²) < 4.78 is 5.91. The summed E-state index contributed by atoms with van der Waals surface area (Å²) in [5.41, 5.74) is 2.58. The molecule has 0 bridgehead atoms. The molecule has 0 spiro atoms. The minimum absolute atomic E-state index is 0.430. The van der Waals surface area contributed by atoms with Gasteiger partial charge in [0.1, 0.15) is 5.75 Å². The summed E-state index contributed by atoms with van der Waals surface area (Å²) in [6.07, 6.45) is 2.28. The highest BCUT2D eigenvalue weighted by Crippen LogP contribution is 2.34. The van der Waals surface area contributed by atoms with E-state index in [2.05, 4.69) is 51.2 Å². The summed E-state index contributed by atoms with van der Waals surface area (Å²) in [7, 11) is 0. The first-order valence-corrected chi connectivity index (χ1v) is 7.08. The van der Waals surface area contributed by atoms with Gasteiger partial charge in [0.05, 0.1) is 6.61 Å². The lowest BCUT2D eigenvalue weighted by molar-refractivity contribution is 0.310. The predicted molar refractivity (Wildman–Crippen MR) is 76.1 cm³/mol. The summed E-state index contributed by atoms with van der Waals surface area (Å²) in [5, 5.41) is 3.76. The molecule has 2 rings (SSSR count). The number of para-hydroxylation sites is 1. The van der Waals surface area contributed by atoms with Gasteiger partial charge in [-0.15, -0.1) is 0 Å². The quantitative estimate of drug-likeness (QED) is 0.876. The Bertz CT molecular complexity index is 400. The van der Waals surface area contributed by atoms with Gasteiger partial charge >= 0.3 is 0 Å². The Balaban J connectivity index is 2.25. The van der Waals surface area contributed by atoms with E-state index in [1.54, 1.807) is 0 Å². The molecule has 1 aliphatic rings. The van der Waals surface area contributed by atoms with Gasteiger partial charge in [0.2, 0.25) is 0 Å². The fourth-order valence-corrected chi connectivity index (χ4v) is 2.45. The lowest BCUT2D eigenvalue weighted by Gasteiger charge is -2.26. The lowest BCUT2D eigenvalue weighted by Crippen LogP contribution is -2.34. The van der Waals surface area contributed by atoms with Gasteiger partial charge < -0.3 is 10.1 Å². The summed E-state index contributed by atoms with van der Waals surface area (Å²) >= 11 is 0. The van der Waals surface area contributed by atoms with Crippen molar-refractivity contribution in [3.05, 3.63) is 29.3 Å². The molecule has 0 aliphatic carbocycles. The van der Waals surface area contributed by atoms with Gasteiger partial charge in [0.25, 0.3) is 0 Å². The van der Waals surface area contributed by atoms with Gasteiger partial charge in [-0.05, 0) is 38.2 Å². The van der Waals surface area contributed by atoms with Crippen LogP contribution in [0, 0.1) is 12.8 Å². The van der Waals surface area contributed by atoms with Crippen molar-refractivity contribution in [3.8, 4) is 5.75 Å². The van der Waals surface area contributed by atoms with Crippen LogP contribution in [0.25, 0.3) is 0 Å². The van der Waals surface area contributed by atoms with E-state index in [-0.39, 0.29) is 0 Å². The van der Waals surface area contributed by atoms with Crippen molar-refractivity contribution in [1.29, 1.82) is 0 Å². The number of fused-ring (bicyclic) bond motifs is 1. The van der Waals surface area contributed by atoms with E-state index < -0.39 is 0 Å². The predicted octanol–water partition coefficient (Wildman–Crippen LogP) is 3.84. The van der Waals surface area contributed by atoms with E-state index in [1.165, 1.54) is 11.1 Å². The molecule has 1 aromatic rings. The Hall–Kier alpha value is -1.02. The number of rotatable bonds is 3. The van der Waals surface area contributed by atoms with Crippen molar-refractivity contribution in [2.24, 2.45) is 5.92 Å². The molecule has 0 saturated heterocycles. The van der Waals surface area contributed by atoms with E-state index in [4.69, 9.17) is 4.74 Å². The lowest BCUT2D eigenvalue weighted by atomic mass is 9.97. The Morgan fingerprint density at radius 3 is 2.78 bits per heavy atom. The zero-order valence-corrected chi connectivity index (χ0v) is 12.0. The molecule has 2 unspecified atom stereocenters. The second-order valence-corrected chi connectivity index (χ2v) is 5.74. The fourth-order valence-electron chi connectivity index (χ4n) is 2.45. The van der Waals surface area contributed by atoms with Crippen molar-refractivity contribution >= 4 is 0 Å². The average molecular weight is 247 g/mol. The zero-order chi connectivity index (χ0) is 13.1. The highest BCUT2D eigenvalue weighted by atomic mass is 16.5. The third-order valence-electron chi connectivity index (χ3n) is 3.97. The summed E-state index contributed by atoms with van der Waals surface area (Å²) in [4.78, 5) is 0. The Morgan fingerprint density at radius 2 is 2.06 bits per heavy atom. The van der Waals surface area contributed by atoms with Crippen molar-refractivity contribution in [2.75, 3.05) is 6.61 Å². The smallest absolute Gasteiger partial charge is 0.126 e. The highest BCUT2D eigenvalue weighted by molar-refractivity contribution is 5.43. The van der Waals surface area contributed by atoms with Crippen LogP contribution in [-0.4, -0.2) is 12.6 Å². The maximum absolute atomic E-state index is 5.91. The third-order valence-corrected chi connectivity index (χ3v) is 3.97. The molecule has 0 fully saturated rings. The number of aryl methyl sites for hydroxylation is 1. The van der Waals surface area contributed by atoms with Crippen LogP contribution < -0.4 is 10.1 Å². The Morgan fingerprint density at radius 1 is 1.28 bits per heavy atom. The monoisotopic (exact) mass is 247 g/mol. The number of hydrogen-bond donors (Lipinski definition) is 1. The number of benzene rings is 1. The van der Waals surface area contributed by atoms with Crippen LogP contribution in [0.5, 0.6) is 5.75 Å². The molecule has 2 nitrogen and oxygen atoms in total. The maximum atomic E-state index is 5.91. The van der Waals surface area contributed by atoms with E-state index in [1.807, 2.05) is 0 Å². The molecule has 0 radical (unpaired) electrons. The molecule has 1 heterocycles. The molecule has 2 heteroatoms. The van der Waals surface area contributed by atoms with Crippen LogP contribution >= 0.6 is 0 Å². The van der Waals surface area contributed by atoms with E-state index in [0.717, 1.165) is 25.2 Å². The van der Waals surface area contributed by atoms with Crippen LogP contribution in [0.3, 0.4) is 0 Å². The van der Waals surface area contributed by atoms with Gasteiger partial charge in [-0.3, -0.25) is 0 Å². The average Bonchev–Trinajstić information content (AvgIpc) is 2.53. The maximum Gasteiger partial charge on any atom is 0.126 e. The highest BCUT2D eigenvalue weighted by Gasteiger charge is 2.22. The standard InChI is InChI=1S/C16H25NO/c1-11(2)13(4)17-15-9-6-10-18-16-12(3)7-5-8-14(15)16/h5,7-8,11,13,15,17H,6,9-10H2,1-4H3. The molecule has 100 valence electrons. The SMILES string of the molecule is Cc1cccc2c1OCCCC2NC(C)C(C)C. The van der Waals surface area contributed by atoms with Crippen molar-refractivity contribution in [2.45, 2.75) is 52.6 Å². The summed E-state index contributed by atoms with van der Waals surface area (Å²) in [6, 6.07) is 7.43. The number of ether oxygens (including phenoxy) is 1. The second kappa shape index (κ2) is 5.75. The molecule has 0 amide bonds. The normalized spacial score (nSPS) is 21.1. The van der Waals surface area contributed by atoms with Crippen LogP contribution in [0.15, 0.2) is 18.2 Å². The molecule has 1 N–H and O–H groups in total. The van der Waals surface area contributed by atoms with Gasteiger partial charge in [-0.25, -0.2) is 0 Å². The topological polar surface area (TPSA) is 21.3 Å². The van der Waals surface area contributed by atoms with Gasteiger partial charge in [-0.2, -0.15) is 0 Å². The van der Waals surface area contributed by atoms with Crippen molar-refractivity contribution in [3.63, 3.8) is 0 Å². The number of hydrogen-bond acceptors (Lipinski definition) is 2. The Labute approximate surface area is 111 Å². The molecule has 0 saturated carbocycles. The van der Waals surface area contributed by atoms with E-state index in [0.29, 0.717) is 18.0 Å². The molecular formula is C16H25NO. The zero-order valence-electron chi connectivity index (χ0n) is 12.0. The van der Waals surface area contributed by atoms with Gasteiger partial charge in [0.15, 0.2) is 0 Å². The molecule has 0 aromatic heterocycles. The van der Waals surface area contributed by atoms with Gasteiger partial charge in [0, 0.05) is 17.6 Å². The minimum atomic E-state index is 0.430. The summed E-state index contributed by atoms with van der Waals surface area (Å²) in [6.45, 7) is 9.77. The molecule has 18 heavy (non-hydrogen) atoms. The first-order valence-electron chi connectivity index (χ1n) is 7.08. The Kier molecular flexibility index (Phi) is 4.28. The van der Waals surface area contributed by atoms with Crippen molar-refractivity contribution in [1.82, 2.24) is 5.32 Å². The first-order chi connectivity index (χ1) is 8.59.